The third kappa shape index (κ3) is 7.20. The summed E-state index contributed by atoms with van der Waals surface area (Å²) in [5.74, 6) is 0. The van der Waals surface area contributed by atoms with E-state index in [1.807, 2.05) is 13.1 Å². The fourth-order valence-electron chi connectivity index (χ4n) is 2.66. The van der Waals surface area contributed by atoms with Crippen molar-refractivity contribution in [3.63, 3.8) is 0 Å². The predicted molar refractivity (Wildman–Crippen MR) is 89.0 cm³/mol. The molecule has 2 N–H and O–H groups in total. The molecule has 0 bridgehead atoms. The number of rotatable bonds is 11. The van der Waals surface area contributed by atoms with Crippen molar-refractivity contribution in [1.29, 1.82) is 0 Å². The third-order valence-corrected chi connectivity index (χ3v) is 3.96. The number of nitrogens with zero attached hydrogens (tertiary/aromatic N) is 2. The molecule has 0 saturated heterocycles. The highest BCUT2D eigenvalue weighted by Gasteiger charge is 2.22. The summed E-state index contributed by atoms with van der Waals surface area (Å²) >= 11 is 0. The zero-order valence-electron chi connectivity index (χ0n) is 13.4. The van der Waals surface area contributed by atoms with Crippen molar-refractivity contribution in [1.82, 2.24) is 4.90 Å². The first kappa shape index (κ1) is 17.4. The maximum atomic E-state index is 5.93. The molecule has 2 atom stereocenters. The van der Waals surface area contributed by atoms with Crippen LogP contribution in [-0.4, -0.2) is 30.0 Å². The summed E-state index contributed by atoms with van der Waals surface area (Å²) in [4.78, 5) is 6.72. The normalized spacial score (nSPS) is 21.1. The van der Waals surface area contributed by atoms with Gasteiger partial charge in [-0.15, -0.1) is 0 Å². The van der Waals surface area contributed by atoms with Gasteiger partial charge in [-0.1, -0.05) is 57.6 Å². The highest BCUT2D eigenvalue weighted by atomic mass is 15.3. The van der Waals surface area contributed by atoms with E-state index in [9.17, 15) is 0 Å². The Labute approximate surface area is 125 Å². The van der Waals surface area contributed by atoms with Crippen molar-refractivity contribution in [3.8, 4) is 0 Å². The number of allylic oxidation sites excluding steroid dienone is 1. The van der Waals surface area contributed by atoms with Crippen molar-refractivity contribution in [3.05, 3.63) is 12.2 Å². The number of hydrogen-bond donors (Lipinski definition) is 1. The first-order chi connectivity index (χ1) is 9.75. The summed E-state index contributed by atoms with van der Waals surface area (Å²) in [5.41, 5.74) is 5.93. The summed E-state index contributed by atoms with van der Waals surface area (Å²) in [6.07, 6.45) is 18.8. The molecule has 3 heteroatoms. The Balaban J connectivity index is 1.98. The van der Waals surface area contributed by atoms with Gasteiger partial charge in [0.25, 0.3) is 0 Å². The average Bonchev–Trinajstić information content (AvgIpc) is 2.89. The maximum absolute atomic E-state index is 5.93. The van der Waals surface area contributed by atoms with Gasteiger partial charge in [0.15, 0.2) is 0 Å². The van der Waals surface area contributed by atoms with Gasteiger partial charge in [-0.25, -0.2) is 0 Å². The van der Waals surface area contributed by atoms with Crippen LogP contribution in [0.2, 0.25) is 0 Å². The van der Waals surface area contributed by atoms with Crippen LogP contribution >= 0.6 is 0 Å². The minimum absolute atomic E-state index is 0.0963. The summed E-state index contributed by atoms with van der Waals surface area (Å²) in [6.45, 7) is 5.20. The quantitative estimate of drug-likeness (QED) is 0.457. The number of unbranched alkanes of at least 4 members (excludes halogenated alkanes) is 7. The Kier molecular flexibility index (Phi) is 9.60. The Hall–Kier alpha value is -0.670. The van der Waals surface area contributed by atoms with E-state index < -0.39 is 0 Å². The smallest absolute Gasteiger partial charge is 0.107 e. The molecule has 1 heterocycles. The van der Waals surface area contributed by atoms with Crippen molar-refractivity contribution in [2.45, 2.75) is 84.0 Å². The number of aliphatic imine (C=N–C) groups is 1. The Morgan fingerprint density at radius 2 is 1.90 bits per heavy atom. The molecule has 0 aromatic rings. The molecule has 1 aliphatic rings. The van der Waals surface area contributed by atoms with Gasteiger partial charge in [-0.05, 0) is 19.8 Å². The van der Waals surface area contributed by atoms with E-state index in [-0.39, 0.29) is 12.3 Å². The molecule has 0 aliphatic carbocycles. The van der Waals surface area contributed by atoms with E-state index in [1.165, 1.54) is 51.4 Å². The predicted octanol–water partition coefficient (Wildman–Crippen LogP) is 4.09. The highest BCUT2D eigenvalue weighted by molar-refractivity contribution is 5.62. The lowest BCUT2D eigenvalue weighted by Gasteiger charge is -2.25. The van der Waals surface area contributed by atoms with Crippen LogP contribution in [0.5, 0.6) is 0 Å². The van der Waals surface area contributed by atoms with Gasteiger partial charge in [0.05, 0.1) is 6.17 Å². The molecule has 0 saturated carbocycles. The number of nitrogens with two attached hydrogens (primary N) is 1. The van der Waals surface area contributed by atoms with E-state index in [2.05, 4.69) is 29.0 Å². The van der Waals surface area contributed by atoms with Crippen LogP contribution < -0.4 is 5.73 Å². The fourth-order valence-corrected chi connectivity index (χ4v) is 2.66. The topological polar surface area (TPSA) is 41.6 Å². The van der Waals surface area contributed by atoms with Gasteiger partial charge < -0.3 is 5.73 Å². The van der Waals surface area contributed by atoms with Gasteiger partial charge in [0, 0.05) is 19.2 Å². The van der Waals surface area contributed by atoms with Gasteiger partial charge >= 0.3 is 0 Å². The molecular formula is C17H33N3. The largest absolute Gasteiger partial charge is 0.316 e. The van der Waals surface area contributed by atoms with Crippen LogP contribution in [-0.2, 0) is 0 Å². The minimum Gasteiger partial charge on any atom is -0.316 e. The molecule has 20 heavy (non-hydrogen) atoms. The van der Waals surface area contributed by atoms with Crippen LogP contribution in [0.4, 0.5) is 0 Å². The second-order valence-electron chi connectivity index (χ2n) is 5.87. The first-order valence-corrected chi connectivity index (χ1v) is 8.43. The molecule has 0 aromatic heterocycles. The molecule has 0 radical (unpaired) electrons. The zero-order valence-corrected chi connectivity index (χ0v) is 13.4. The molecule has 116 valence electrons. The van der Waals surface area contributed by atoms with Crippen molar-refractivity contribution in [2.24, 2.45) is 10.7 Å². The zero-order chi connectivity index (χ0) is 14.6. The van der Waals surface area contributed by atoms with E-state index >= 15 is 0 Å². The average molecular weight is 279 g/mol. The minimum atomic E-state index is 0.0963. The van der Waals surface area contributed by atoms with Crippen molar-refractivity contribution >= 4 is 6.21 Å². The highest BCUT2D eigenvalue weighted by Crippen LogP contribution is 2.13. The molecule has 0 spiro atoms. The van der Waals surface area contributed by atoms with Crippen molar-refractivity contribution < 1.29 is 0 Å². The summed E-state index contributed by atoms with van der Waals surface area (Å²) in [6, 6.07) is 0. The van der Waals surface area contributed by atoms with Gasteiger partial charge in [0.2, 0.25) is 0 Å². The van der Waals surface area contributed by atoms with Gasteiger partial charge in [0.1, 0.15) is 6.17 Å². The standard InChI is InChI=1S/C17H33N3/c1-3-4-5-6-7-8-9-10-11-12-13-17-19-14-15-20(17)16(2)18/h11-12,14,16-17H,3-10,13,15,18H2,1-2H3/b12-11+. The summed E-state index contributed by atoms with van der Waals surface area (Å²) in [7, 11) is 0. The molecule has 2 unspecified atom stereocenters. The van der Waals surface area contributed by atoms with E-state index in [0.29, 0.717) is 0 Å². The molecular weight excluding hydrogens is 246 g/mol. The second kappa shape index (κ2) is 11.0. The molecule has 3 nitrogen and oxygen atoms in total. The van der Waals surface area contributed by atoms with E-state index in [1.54, 1.807) is 0 Å². The van der Waals surface area contributed by atoms with Crippen LogP contribution in [0, 0.1) is 0 Å². The maximum Gasteiger partial charge on any atom is 0.107 e. The summed E-state index contributed by atoms with van der Waals surface area (Å²) < 4.78 is 0. The lowest BCUT2D eigenvalue weighted by molar-refractivity contribution is 0.194. The Morgan fingerprint density at radius 3 is 2.60 bits per heavy atom. The van der Waals surface area contributed by atoms with Gasteiger partial charge in [-0.3, -0.25) is 9.89 Å². The second-order valence-corrected chi connectivity index (χ2v) is 5.87. The van der Waals surface area contributed by atoms with Crippen LogP contribution in [0.15, 0.2) is 17.1 Å². The van der Waals surface area contributed by atoms with Gasteiger partial charge in [-0.2, -0.15) is 0 Å². The Bertz CT molecular complexity index is 284. The SMILES string of the molecule is CCCCCCCCC/C=C/CC1N=CCN1C(C)N. The summed E-state index contributed by atoms with van der Waals surface area (Å²) in [5, 5.41) is 0. The van der Waals surface area contributed by atoms with E-state index in [4.69, 9.17) is 5.73 Å². The molecule has 0 fully saturated rings. The monoisotopic (exact) mass is 279 g/mol. The fraction of sp³-hybridized carbons (Fsp3) is 0.824. The number of hydrogen-bond acceptors (Lipinski definition) is 3. The lowest BCUT2D eigenvalue weighted by Crippen LogP contribution is -2.43. The molecule has 1 aliphatic heterocycles. The van der Waals surface area contributed by atoms with Crippen molar-refractivity contribution in [2.75, 3.05) is 6.54 Å². The molecule has 0 amide bonds. The van der Waals surface area contributed by atoms with Crippen LogP contribution in [0.3, 0.4) is 0 Å². The van der Waals surface area contributed by atoms with Crippen LogP contribution in [0.1, 0.15) is 71.6 Å². The molecule has 1 rings (SSSR count). The third-order valence-electron chi connectivity index (χ3n) is 3.96. The van der Waals surface area contributed by atoms with E-state index in [0.717, 1.165) is 13.0 Å². The molecule has 0 aromatic carbocycles. The lowest BCUT2D eigenvalue weighted by atomic mass is 10.1. The van der Waals surface area contributed by atoms with Crippen LogP contribution in [0.25, 0.3) is 0 Å². The first-order valence-electron chi connectivity index (χ1n) is 8.43. The Morgan fingerprint density at radius 1 is 1.20 bits per heavy atom.